The third-order valence-electron chi connectivity index (χ3n) is 14.5. The first-order chi connectivity index (χ1) is 36.7. The lowest BCUT2D eigenvalue weighted by Gasteiger charge is -2.59. The summed E-state index contributed by atoms with van der Waals surface area (Å²) < 4.78 is 32.9. The van der Waals surface area contributed by atoms with Crippen LogP contribution in [0.15, 0.2) is 163 Å². The van der Waals surface area contributed by atoms with Crippen LogP contribution in [0.3, 0.4) is 0 Å². The van der Waals surface area contributed by atoms with Crippen LogP contribution in [0, 0.1) is 27.9 Å². The van der Waals surface area contributed by atoms with Gasteiger partial charge in [-0.25, -0.2) is 4.79 Å². The van der Waals surface area contributed by atoms with E-state index in [1.54, 1.807) is 35.2 Å². The number of aliphatic hydroxyl groups is 2. The summed E-state index contributed by atoms with van der Waals surface area (Å²) in [7, 11) is 1.50. The number of non-ortho nitro benzene ring substituents is 1. The van der Waals surface area contributed by atoms with Gasteiger partial charge in [-0.05, 0) is 114 Å². The Kier molecular flexibility index (Phi) is 16.7. The third-order valence-corrected chi connectivity index (χ3v) is 14.5. The molecule has 75 heavy (non-hydrogen) atoms. The van der Waals surface area contributed by atoms with Crippen LogP contribution >= 0.6 is 0 Å². The van der Waals surface area contributed by atoms with E-state index in [0.29, 0.717) is 66.2 Å². The van der Waals surface area contributed by atoms with Crippen LogP contribution in [0.5, 0.6) is 28.7 Å². The Bertz CT molecular complexity index is 3050. The third kappa shape index (κ3) is 11.3. The van der Waals surface area contributed by atoms with Gasteiger partial charge in [-0.15, -0.1) is 6.58 Å². The molecule has 0 bridgehead atoms. The number of unbranched alkanes of at least 4 members (excludes halogenated alkanes) is 2. The van der Waals surface area contributed by atoms with E-state index in [9.17, 15) is 25.1 Å². The van der Waals surface area contributed by atoms with Crippen molar-refractivity contribution in [2.24, 2.45) is 22.9 Å². The highest BCUT2D eigenvalue weighted by Gasteiger charge is 2.66. The molecule has 388 valence electrons. The van der Waals surface area contributed by atoms with E-state index in [0.717, 1.165) is 45.9 Å². The average molecular weight is 1020 g/mol. The Morgan fingerprint density at radius 1 is 0.880 bits per heavy atom. The number of oxime groups is 1. The zero-order valence-corrected chi connectivity index (χ0v) is 41.8. The summed E-state index contributed by atoms with van der Waals surface area (Å²) >= 11 is 0. The maximum atomic E-state index is 15.5. The van der Waals surface area contributed by atoms with Crippen LogP contribution in [-0.2, 0) is 22.7 Å². The van der Waals surface area contributed by atoms with E-state index in [-0.39, 0.29) is 62.7 Å². The average Bonchev–Trinajstić information content (AvgIpc) is 3.52. The Morgan fingerprint density at radius 3 is 2.35 bits per heavy atom. The number of benzene rings is 6. The summed E-state index contributed by atoms with van der Waals surface area (Å²) in [6, 6.07) is 38.6. The van der Waals surface area contributed by atoms with Crippen molar-refractivity contribution in [1.82, 2.24) is 4.90 Å². The van der Waals surface area contributed by atoms with Crippen molar-refractivity contribution in [2.45, 2.75) is 75.8 Å². The quantitative estimate of drug-likeness (QED) is 0.0203. The Labute approximate surface area is 435 Å². The van der Waals surface area contributed by atoms with E-state index in [1.165, 1.54) is 31.4 Å². The SMILES string of the molecule is C=CCO[C@@]12Oc3ccc(Oc4ccc(OC)c(C=O)c4)cc3[C@H]3[C@H](CCCCO)[C@@H](CCCCO)C=C(C(=NOCc4ccccc4)C[C@@H]1N(Cc1cccc4ccccc14)C(=O)Oc1ccc([N+](=O)[O-])cc1)[C@H]32. The maximum absolute atomic E-state index is 15.5. The normalized spacial score (nSPS) is 20.9. The van der Waals surface area contributed by atoms with Gasteiger partial charge in [0.15, 0.2) is 6.29 Å². The summed E-state index contributed by atoms with van der Waals surface area (Å²) in [5.41, 5.74) is 4.12. The molecule has 2 N–H and O–H groups in total. The number of aliphatic hydroxyl groups excluding tert-OH is 2. The van der Waals surface area contributed by atoms with Crippen molar-refractivity contribution in [1.29, 1.82) is 0 Å². The number of carbonyl (C=O) groups excluding carboxylic acids is 2. The molecule has 0 radical (unpaired) electrons. The molecule has 1 aliphatic heterocycles. The predicted octanol–water partition coefficient (Wildman–Crippen LogP) is 11.9. The molecular formula is C60H61N3O12. The summed E-state index contributed by atoms with van der Waals surface area (Å²) in [5.74, 6) is -0.962. The summed E-state index contributed by atoms with van der Waals surface area (Å²) in [6.45, 7) is 4.33. The van der Waals surface area contributed by atoms with Gasteiger partial charge in [0.1, 0.15) is 41.4 Å². The van der Waals surface area contributed by atoms with E-state index in [2.05, 4.69) is 12.7 Å². The number of hydrogen-bond acceptors (Lipinski definition) is 13. The number of ether oxygens (including phenoxy) is 5. The molecule has 1 amide bonds. The minimum absolute atomic E-state index is 0.0168. The van der Waals surface area contributed by atoms with Crippen molar-refractivity contribution < 1.29 is 53.2 Å². The predicted molar refractivity (Wildman–Crippen MR) is 283 cm³/mol. The van der Waals surface area contributed by atoms with Crippen molar-refractivity contribution in [3.8, 4) is 28.7 Å². The lowest BCUT2D eigenvalue weighted by atomic mass is 9.55. The number of amides is 1. The standard InChI is InChI=1S/C60H61N3O12/c1-3-32-71-60-56(62(37-43-19-13-18-41-16-7-8-20-49(41)43)59(67)74-46-24-22-45(23-25-46)63(68)69)36-53(61-72-39-40-14-5-4-6-15-40)51-34-42(17-9-11-30-64)50(21-10-12-31-65)57(58(51)60)52-35-48(27-29-55(52)75-60)73-47-26-28-54(70-2)44(33-47)38-66/h3-8,13-16,18-20,22-29,33-35,38,42,50,56-58,64-65H,1,9-12,17,21,30-32,36-37,39H2,2H3/t42-,50+,56-,57+,58+,60+/m0/s1. The molecule has 2 aliphatic carbocycles. The summed E-state index contributed by atoms with van der Waals surface area (Å²) in [4.78, 5) is 46.7. The van der Waals surface area contributed by atoms with Gasteiger partial charge in [0, 0.05) is 43.2 Å². The lowest BCUT2D eigenvalue weighted by molar-refractivity contribution is -0.384. The van der Waals surface area contributed by atoms with Gasteiger partial charge in [0.05, 0.1) is 42.4 Å². The first kappa shape index (κ1) is 52.0. The Balaban J connectivity index is 1.26. The molecule has 6 atom stereocenters. The molecule has 0 aromatic heterocycles. The van der Waals surface area contributed by atoms with Crippen LogP contribution < -0.4 is 18.9 Å². The molecular weight excluding hydrogens is 955 g/mol. The fourth-order valence-corrected chi connectivity index (χ4v) is 11.2. The van der Waals surface area contributed by atoms with Crippen LogP contribution in [0.1, 0.15) is 77.9 Å². The number of aldehydes is 1. The molecule has 0 saturated heterocycles. The molecule has 1 heterocycles. The highest BCUT2D eigenvalue weighted by Crippen LogP contribution is 2.62. The minimum Gasteiger partial charge on any atom is -0.496 e. The fourth-order valence-electron chi connectivity index (χ4n) is 11.2. The summed E-state index contributed by atoms with van der Waals surface area (Å²) in [6.07, 6.45) is 8.01. The van der Waals surface area contributed by atoms with E-state index in [1.807, 2.05) is 84.9 Å². The lowest BCUT2D eigenvalue weighted by Crippen LogP contribution is -2.70. The molecule has 15 nitrogen and oxygen atoms in total. The van der Waals surface area contributed by atoms with Crippen molar-refractivity contribution in [3.63, 3.8) is 0 Å². The second-order valence-corrected chi connectivity index (χ2v) is 19.0. The van der Waals surface area contributed by atoms with Gasteiger partial charge in [-0.2, -0.15) is 0 Å². The first-order valence-corrected chi connectivity index (χ1v) is 25.4. The zero-order chi connectivity index (χ0) is 52.3. The molecule has 15 heteroatoms. The first-order valence-electron chi connectivity index (χ1n) is 25.4. The van der Waals surface area contributed by atoms with E-state index in [4.69, 9.17) is 33.7 Å². The maximum Gasteiger partial charge on any atom is 0.416 e. The number of nitrogens with zero attached hydrogens (tertiary/aromatic N) is 3. The van der Waals surface area contributed by atoms with Gasteiger partial charge in [-0.3, -0.25) is 19.8 Å². The second kappa shape index (κ2) is 24.0. The van der Waals surface area contributed by atoms with Gasteiger partial charge in [0.2, 0.25) is 5.79 Å². The molecule has 0 spiro atoms. The second-order valence-electron chi connectivity index (χ2n) is 19.0. The van der Waals surface area contributed by atoms with Crippen molar-refractivity contribution in [3.05, 3.63) is 190 Å². The highest BCUT2D eigenvalue weighted by atomic mass is 16.7. The van der Waals surface area contributed by atoms with E-state index >= 15 is 4.79 Å². The van der Waals surface area contributed by atoms with Crippen LogP contribution in [0.25, 0.3) is 10.8 Å². The number of allylic oxidation sites excluding steroid dienone is 1. The summed E-state index contributed by atoms with van der Waals surface area (Å²) in [5, 5.41) is 38.8. The number of hydrogen-bond donors (Lipinski definition) is 2. The number of nitro groups is 1. The van der Waals surface area contributed by atoms with Gasteiger partial charge >= 0.3 is 6.09 Å². The molecule has 1 fully saturated rings. The van der Waals surface area contributed by atoms with Crippen LogP contribution in [0.2, 0.25) is 0 Å². The molecule has 0 unspecified atom stereocenters. The largest absolute Gasteiger partial charge is 0.496 e. The Morgan fingerprint density at radius 2 is 1.60 bits per heavy atom. The number of rotatable bonds is 23. The fraction of sp³-hybridized carbons (Fsp3) is 0.317. The molecule has 6 aromatic rings. The number of fused-ring (bicyclic) bond motifs is 3. The topological polar surface area (TPSA) is 189 Å². The number of nitro benzene ring substituents is 1. The molecule has 6 aromatic carbocycles. The highest BCUT2D eigenvalue weighted by molar-refractivity contribution is 6.03. The molecule has 9 rings (SSSR count). The van der Waals surface area contributed by atoms with Crippen molar-refractivity contribution in [2.75, 3.05) is 26.9 Å². The molecule has 1 saturated carbocycles. The minimum atomic E-state index is -1.66. The monoisotopic (exact) mass is 1020 g/mol. The van der Waals surface area contributed by atoms with Crippen molar-refractivity contribution >= 4 is 34.6 Å². The smallest absolute Gasteiger partial charge is 0.416 e. The van der Waals surface area contributed by atoms with Gasteiger partial charge in [0.25, 0.3) is 5.69 Å². The van der Waals surface area contributed by atoms with Gasteiger partial charge < -0.3 is 38.7 Å². The zero-order valence-electron chi connectivity index (χ0n) is 41.8. The number of carbonyl (C=O) groups is 2. The van der Waals surface area contributed by atoms with E-state index < -0.39 is 34.7 Å². The van der Waals surface area contributed by atoms with Gasteiger partial charge in [-0.1, -0.05) is 103 Å². The molecule has 3 aliphatic rings. The number of methoxy groups -OCH3 is 1. The van der Waals surface area contributed by atoms with Crippen LogP contribution in [0.4, 0.5) is 10.5 Å². The Hall–Kier alpha value is -7.85. The van der Waals surface area contributed by atoms with Crippen LogP contribution in [-0.4, -0.2) is 76.9 Å².